The molecule has 8 nitrogen and oxygen atoms in total. The van der Waals surface area contributed by atoms with Gasteiger partial charge in [-0.3, -0.25) is 0 Å². The highest BCUT2D eigenvalue weighted by molar-refractivity contribution is 5.96. The van der Waals surface area contributed by atoms with Crippen molar-refractivity contribution >= 4 is 11.7 Å². The van der Waals surface area contributed by atoms with Crippen molar-refractivity contribution in [2.24, 2.45) is 45.3 Å². The van der Waals surface area contributed by atoms with Crippen molar-refractivity contribution in [3.8, 4) is 11.5 Å². The van der Waals surface area contributed by atoms with E-state index in [1.54, 1.807) is 0 Å². The van der Waals surface area contributed by atoms with E-state index < -0.39 is 29.7 Å². The maximum Gasteiger partial charge on any atom is 0.341 e. The van der Waals surface area contributed by atoms with Crippen LogP contribution in [0.4, 0.5) is 5.69 Å². The highest BCUT2D eigenvalue weighted by atomic mass is 16.5. The highest BCUT2D eigenvalue weighted by Crippen LogP contribution is 2.63. The van der Waals surface area contributed by atoms with Gasteiger partial charge in [-0.2, -0.15) is 0 Å². The average Bonchev–Trinajstić information content (AvgIpc) is 3.09. The van der Waals surface area contributed by atoms with Crippen LogP contribution in [0.2, 0.25) is 0 Å². The monoisotopic (exact) mass is 719 g/mol. The lowest BCUT2D eigenvalue weighted by Gasteiger charge is -2.58. The second-order valence-electron chi connectivity index (χ2n) is 17.9. The molecule has 5 rings (SSSR count). The fourth-order valence-electron chi connectivity index (χ4n) is 11.3. The van der Waals surface area contributed by atoms with Crippen LogP contribution in [0.3, 0.4) is 0 Å². The van der Waals surface area contributed by atoms with Gasteiger partial charge in [0, 0.05) is 6.20 Å². The predicted molar refractivity (Wildman–Crippen MR) is 207 cm³/mol. The SMILES string of the molecule is COC(=O)c1cc(C[C@]2(C)[C@@H](C)CC[C@]3(C)C(C)=CCC[C@@H]23)c(O)c(N/C=C\C(O)/C(O)=C/C(O)C[C@]2(C)[C@@H](C)CC[C@]3(C)C(C)=CCC[C@@H]23)c1O. The number of hydrogen-bond donors (Lipinski definition) is 6. The van der Waals surface area contributed by atoms with Crippen molar-refractivity contribution in [1.82, 2.24) is 0 Å². The molecule has 2 saturated carbocycles. The summed E-state index contributed by atoms with van der Waals surface area (Å²) in [6.07, 6.45) is 15.7. The lowest BCUT2D eigenvalue weighted by Crippen LogP contribution is -2.50. The first-order valence-electron chi connectivity index (χ1n) is 19.5. The fraction of sp³-hybridized carbons (Fsp3) is 0.659. The third kappa shape index (κ3) is 6.95. The molecule has 2 unspecified atom stereocenters. The van der Waals surface area contributed by atoms with Gasteiger partial charge < -0.3 is 35.6 Å². The molecule has 2 fully saturated rings. The molecule has 0 radical (unpaired) electrons. The Morgan fingerprint density at radius 3 is 2.00 bits per heavy atom. The van der Waals surface area contributed by atoms with Gasteiger partial charge in [0.25, 0.3) is 0 Å². The molecule has 0 heterocycles. The van der Waals surface area contributed by atoms with Gasteiger partial charge in [-0.1, -0.05) is 64.8 Å². The number of aliphatic hydroxyl groups excluding tert-OH is 3. The van der Waals surface area contributed by atoms with Gasteiger partial charge in [0.1, 0.15) is 28.9 Å². The van der Waals surface area contributed by atoms with Crippen molar-refractivity contribution in [3.63, 3.8) is 0 Å². The topological polar surface area (TPSA) is 139 Å². The molecule has 1 aromatic carbocycles. The van der Waals surface area contributed by atoms with Gasteiger partial charge in [-0.05, 0) is 147 Å². The van der Waals surface area contributed by atoms with Crippen LogP contribution in [0.25, 0.3) is 0 Å². The number of nitrogens with one attached hydrogen (secondary N) is 1. The number of phenolic OH excluding ortho intramolecular Hbond substituents is 2. The molecule has 52 heavy (non-hydrogen) atoms. The molecule has 0 amide bonds. The number of hydrogen-bond acceptors (Lipinski definition) is 8. The number of benzene rings is 1. The van der Waals surface area contributed by atoms with E-state index in [0.29, 0.717) is 42.1 Å². The largest absolute Gasteiger partial charge is 0.509 e. The number of esters is 1. The normalized spacial score (nSPS) is 36.2. The second-order valence-corrected chi connectivity index (χ2v) is 17.9. The Morgan fingerprint density at radius 1 is 0.904 bits per heavy atom. The summed E-state index contributed by atoms with van der Waals surface area (Å²) in [7, 11) is 1.25. The van der Waals surface area contributed by atoms with E-state index in [1.165, 1.54) is 42.7 Å². The van der Waals surface area contributed by atoms with Crippen LogP contribution in [-0.4, -0.2) is 50.8 Å². The Labute approximate surface area is 311 Å². The summed E-state index contributed by atoms with van der Waals surface area (Å²) in [5.74, 6) is -0.231. The highest BCUT2D eigenvalue weighted by Gasteiger charge is 2.55. The number of anilines is 1. The number of aromatic hydroxyl groups is 2. The van der Waals surface area contributed by atoms with Crippen LogP contribution in [0.5, 0.6) is 11.5 Å². The van der Waals surface area contributed by atoms with Gasteiger partial charge in [-0.15, -0.1) is 0 Å². The molecule has 0 saturated heterocycles. The van der Waals surface area contributed by atoms with E-state index in [0.717, 1.165) is 51.4 Å². The first kappa shape index (κ1) is 40.0. The summed E-state index contributed by atoms with van der Waals surface area (Å²) in [6.45, 7) is 18.3. The fourth-order valence-corrected chi connectivity index (χ4v) is 11.3. The standard InChI is InChI=1S/C44H65NO7/c1-26-12-10-14-35-41(26,5)19-16-28(3)43(35,7)24-30-22-32(40(51)52-9)39(50)37(38(30)49)45-21-18-33(47)34(48)23-31(46)25-44(8)29(4)17-20-42(6)27(2)13-11-15-36(42)44/h12-13,18,21-23,28-29,31,33,35-36,45-50H,10-11,14-17,19-20,24-25H2,1-9H3/b21-18-,34-23-/t28-,29-,31?,33?,35+,36+,41+,42+,43+,44+/m0/s1. The van der Waals surface area contributed by atoms with E-state index >= 15 is 0 Å². The van der Waals surface area contributed by atoms with Gasteiger partial charge >= 0.3 is 5.97 Å². The molecule has 0 aliphatic heterocycles. The smallest absolute Gasteiger partial charge is 0.341 e. The summed E-state index contributed by atoms with van der Waals surface area (Å²) in [5, 5.41) is 58.6. The van der Waals surface area contributed by atoms with E-state index in [9.17, 15) is 30.3 Å². The molecule has 6 N–H and O–H groups in total. The van der Waals surface area contributed by atoms with Gasteiger partial charge in [-0.25, -0.2) is 4.79 Å². The zero-order valence-corrected chi connectivity index (χ0v) is 33.1. The number of aliphatic hydroxyl groups is 3. The number of phenols is 2. The molecular formula is C44H65NO7. The molecule has 0 bridgehead atoms. The Morgan fingerprint density at radius 2 is 1.44 bits per heavy atom. The molecule has 288 valence electrons. The third-order valence-corrected chi connectivity index (χ3v) is 15.3. The number of carbonyl (C=O) groups excluding carboxylic acids is 1. The number of methoxy groups -OCH3 is 1. The van der Waals surface area contributed by atoms with E-state index in [2.05, 4.69) is 72.9 Å². The van der Waals surface area contributed by atoms with Crippen LogP contribution < -0.4 is 5.32 Å². The lowest BCUT2D eigenvalue weighted by atomic mass is 9.47. The van der Waals surface area contributed by atoms with Crippen LogP contribution in [0.15, 0.2) is 53.5 Å². The van der Waals surface area contributed by atoms with E-state index in [1.807, 2.05) is 0 Å². The Hall–Kier alpha value is -3.23. The molecule has 0 spiro atoms. The maximum atomic E-state index is 12.9. The van der Waals surface area contributed by atoms with Crippen molar-refractivity contribution in [1.29, 1.82) is 0 Å². The Balaban J connectivity index is 1.36. The lowest BCUT2D eigenvalue weighted by molar-refractivity contribution is -0.0636. The van der Waals surface area contributed by atoms with Crippen LogP contribution in [-0.2, 0) is 11.2 Å². The predicted octanol–water partition coefficient (Wildman–Crippen LogP) is 9.50. The first-order valence-corrected chi connectivity index (χ1v) is 19.5. The zero-order chi connectivity index (χ0) is 38.4. The third-order valence-electron chi connectivity index (χ3n) is 15.3. The summed E-state index contributed by atoms with van der Waals surface area (Å²) in [4.78, 5) is 12.9. The number of ether oxygens (including phenoxy) is 1. The first-order chi connectivity index (χ1) is 24.3. The zero-order valence-electron chi connectivity index (χ0n) is 33.1. The molecule has 1 aromatic rings. The molecule has 4 aliphatic rings. The molecule has 8 heteroatoms. The van der Waals surface area contributed by atoms with Crippen LogP contribution >= 0.6 is 0 Å². The molecule has 10 atom stereocenters. The van der Waals surface area contributed by atoms with Crippen molar-refractivity contribution in [2.75, 3.05) is 12.4 Å². The maximum absolute atomic E-state index is 12.9. The second kappa shape index (κ2) is 14.9. The van der Waals surface area contributed by atoms with Gasteiger partial charge in [0.15, 0.2) is 5.75 Å². The molecular weight excluding hydrogens is 654 g/mol. The minimum Gasteiger partial charge on any atom is -0.509 e. The number of carbonyl (C=O) groups is 1. The number of rotatable bonds is 10. The van der Waals surface area contributed by atoms with Gasteiger partial charge in [0.05, 0.1) is 13.2 Å². The van der Waals surface area contributed by atoms with Crippen LogP contribution in [0, 0.1) is 45.3 Å². The Bertz CT molecular complexity index is 1640. The van der Waals surface area contributed by atoms with Crippen molar-refractivity contribution in [2.45, 2.75) is 132 Å². The molecule has 0 aromatic heterocycles. The summed E-state index contributed by atoms with van der Waals surface area (Å²) < 4.78 is 5.00. The summed E-state index contributed by atoms with van der Waals surface area (Å²) in [6, 6.07) is 1.53. The van der Waals surface area contributed by atoms with Crippen LogP contribution in [0.1, 0.15) is 129 Å². The summed E-state index contributed by atoms with van der Waals surface area (Å²) in [5.41, 5.74) is 3.03. The van der Waals surface area contributed by atoms with E-state index in [4.69, 9.17) is 4.74 Å². The number of allylic oxidation sites excluding steroid dienone is 4. The van der Waals surface area contributed by atoms with Crippen molar-refractivity contribution in [3.05, 3.63) is 64.6 Å². The molecule has 4 aliphatic carbocycles. The Kier molecular flexibility index (Phi) is 11.4. The quantitative estimate of drug-likeness (QED) is 0.0609. The van der Waals surface area contributed by atoms with Gasteiger partial charge in [0.2, 0.25) is 0 Å². The summed E-state index contributed by atoms with van der Waals surface area (Å²) >= 11 is 0. The average molecular weight is 720 g/mol. The van der Waals surface area contributed by atoms with E-state index in [-0.39, 0.29) is 38.7 Å². The minimum atomic E-state index is -1.46. The van der Waals surface area contributed by atoms with Crippen molar-refractivity contribution < 1.29 is 35.1 Å². The minimum absolute atomic E-state index is 0.0550. The number of fused-ring (bicyclic) bond motifs is 2.